The van der Waals surface area contributed by atoms with Crippen LogP contribution in [0.1, 0.15) is 20.3 Å². The highest BCUT2D eigenvalue weighted by Crippen LogP contribution is 2.26. The molecule has 1 atom stereocenters. The lowest BCUT2D eigenvalue weighted by Gasteiger charge is -2.32. The van der Waals surface area contributed by atoms with E-state index in [0.29, 0.717) is 13.0 Å². The SMILES string of the molecule is COC(=O)C(C)(C)N1CC(Br)CC1=O. The fourth-order valence-electron chi connectivity index (χ4n) is 1.56. The first-order valence-electron chi connectivity index (χ1n) is 4.42. The molecule has 0 radical (unpaired) electrons. The third-order valence-corrected chi connectivity index (χ3v) is 3.05. The molecule has 0 saturated carbocycles. The van der Waals surface area contributed by atoms with Gasteiger partial charge in [0.2, 0.25) is 5.91 Å². The zero-order chi connectivity index (χ0) is 10.9. The predicted molar refractivity (Wildman–Crippen MR) is 55.1 cm³/mol. The number of nitrogens with zero attached hydrogens (tertiary/aromatic N) is 1. The summed E-state index contributed by atoms with van der Waals surface area (Å²) >= 11 is 3.37. The summed E-state index contributed by atoms with van der Waals surface area (Å²) in [6.45, 7) is 3.95. The van der Waals surface area contributed by atoms with E-state index in [2.05, 4.69) is 20.7 Å². The maximum atomic E-state index is 11.5. The first kappa shape index (κ1) is 11.5. The van der Waals surface area contributed by atoms with Crippen molar-refractivity contribution in [1.82, 2.24) is 4.90 Å². The molecule has 1 rings (SSSR count). The van der Waals surface area contributed by atoms with Crippen molar-refractivity contribution < 1.29 is 14.3 Å². The number of rotatable bonds is 2. The van der Waals surface area contributed by atoms with E-state index in [1.165, 1.54) is 7.11 Å². The summed E-state index contributed by atoms with van der Waals surface area (Å²) in [4.78, 5) is 24.7. The Hall–Kier alpha value is -0.580. The second-order valence-electron chi connectivity index (χ2n) is 3.86. The zero-order valence-electron chi connectivity index (χ0n) is 8.54. The number of ether oxygens (including phenoxy) is 1. The minimum Gasteiger partial charge on any atom is -0.467 e. The number of likely N-dealkylation sites (tertiary alicyclic amines) is 1. The molecule has 0 aliphatic carbocycles. The normalized spacial score (nSPS) is 22.7. The van der Waals surface area contributed by atoms with Crippen molar-refractivity contribution in [3.63, 3.8) is 0 Å². The van der Waals surface area contributed by atoms with Gasteiger partial charge in [-0.25, -0.2) is 4.79 Å². The molecule has 1 aliphatic heterocycles. The van der Waals surface area contributed by atoms with Crippen molar-refractivity contribution in [3.8, 4) is 0 Å². The summed E-state index contributed by atoms with van der Waals surface area (Å²) in [5.41, 5.74) is -0.867. The average molecular weight is 264 g/mol. The minimum atomic E-state index is -0.867. The molecular formula is C9H14BrNO3. The van der Waals surface area contributed by atoms with E-state index >= 15 is 0 Å². The van der Waals surface area contributed by atoms with Gasteiger partial charge in [0.25, 0.3) is 0 Å². The topological polar surface area (TPSA) is 46.6 Å². The number of hydrogen-bond acceptors (Lipinski definition) is 3. The molecular weight excluding hydrogens is 250 g/mol. The maximum absolute atomic E-state index is 11.5. The van der Waals surface area contributed by atoms with Gasteiger partial charge in [0.05, 0.1) is 7.11 Å². The van der Waals surface area contributed by atoms with Crippen LogP contribution in [0.3, 0.4) is 0 Å². The summed E-state index contributed by atoms with van der Waals surface area (Å²) in [5.74, 6) is -0.394. The van der Waals surface area contributed by atoms with Gasteiger partial charge in [-0.15, -0.1) is 0 Å². The summed E-state index contributed by atoms with van der Waals surface area (Å²) in [6, 6.07) is 0. The van der Waals surface area contributed by atoms with E-state index in [1.54, 1.807) is 18.7 Å². The number of carbonyl (C=O) groups is 2. The summed E-state index contributed by atoms with van der Waals surface area (Å²) in [6.07, 6.45) is 0.445. The van der Waals surface area contributed by atoms with Gasteiger partial charge in [-0.2, -0.15) is 0 Å². The Bertz CT molecular complexity index is 265. The maximum Gasteiger partial charge on any atom is 0.331 e. The molecule has 1 amide bonds. The number of amides is 1. The molecule has 1 heterocycles. The largest absolute Gasteiger partial charge is 0.467 e. The van der Waals surface area contributed by atoms with Crippen LogP contribution < -0.4 is 0 Å². The standard InChI is InChI=1S/C9H14BrNO3/c1-9(2,8(13)14-3)11-5-6(10)4-7(11)12/h6H,4-5H2,1-3H3. The Morgan fingerprint density at radius 3 is 2.57 bits per heavy atom. The van der Waals surface area contributed by atoms with E-state index in [-0.39, 0.29) is 16.7 Å². The summed E-state index contributed by atoms with van der Waals surface area (Å²) in [5, 5.41) is 0. The van der Waals surface area contributed by atoms with Gasteiger partial charge in [-0.3, -0.25) is 4.79 Å². The molecule has 1 aliphatic rings. The molecule has 5 heteroatoms. The van der Waals surface area contributed by atoms with Crippen LogP contribution in [-0.2, 0) is 14.3 Å². The van der Waals surface area contributed by atoms with Crippen LogP contribution in [0.2, 0.25) is 0 Å². The molecule has 1 unspecified atom stereocenters. The van der Waals surface area contributed by atoms with Crippen molar-refractivity contribution in [3.05, 3.63) is 0 Å². The summed E-state index contributed by atoms with van der Waals surface area (Å²) < 4.78 is 4.66. The lowest BCUT2D eigenvalue weighted by atomic mass is 10.0. The van der Waals surface area contributed by atoms with Crippen molar-refractivity contribution in [2.24, 2.45) is 0 Å². The van der Waals surface area contributed by atoms with Crippen LogP contribution in [0, 0.1) is 0 Å². The second-order valence-corrected chi connectivity index (χ2v) is 5.15. The number of hydrogen-bond donors (Lipinski definition) is 0. The molecule has 14 heavy (non-hydrogen) atoms. The lowest BCUT2D eigenvalue weighted by Crippen LogP contribution is -2.51. The van der Waals surface area contributed by atoms with Gasteiger partial charge in [-0.05, 0) is 13.8 Å². The highest BCUT2D eigenvalue weighted by atomic mass is 79.9. The van der Waals surface area contributed by atoms with Gasteiger partial charge in [0.1, 0.15) is 5.54 Å². The van der Waals surface area contributed by atoms with Gasteiger partial charge < -0.3 is 9.64 Å². The number of methoxy groups -OCH3 is 1. The van der Waals surface area contributed by atoms with Crippen molar-refractivity contribution >= 4 is 27.8 Å². The molecule has 4 nitrogen and oxygen atoms in total. The number of alkyl halides is 1. The van der Waals surface area contributed by atoms with Crippen molar-refractivity contribution in [1.29, 1.82) is 0 Å². The van der Waals surface area contributed by atoms with Crippen LogP contribution in [0.4, 0.5) is 0 Å². The quantitative estimate of drug-likeness (QED) is 0.550. The average Bonchev–Trinajstić information content (AvgIpc) is 2.44. The van der Waals surface area contributed by atoms with Crippen LogP contribution in [0.5, 0.6) is 0 Å². The van der Waals surface area contributed by atoms with E-state index in [1.807, 2.05) is 0 Å². The van der Waals surface area contributed by atoms with Crippen molar-refractivity contribution in [2.45, 2.75) is 30.6 Å². The molecule has 0 aromatic carbocycles. The van der Waals surface area contributed by atoms with E-state index in [0.717, 1.165) is 0 Å². The fraction of sp³-hybridized carbons (Fsp3) is 0.778. The smallest absolute Gasteiger partial charge is 0.331 e. The van der Waals surface area contributed by atoms with Crippen LogP contribution >= 0.6 is 15.9 Å². The van der Waals surface area contributed by atoms with Crippen molar-refractivity contribution in [2.75, 3.05) is 13.7 Å². The Balaban J connectivity index is 2.82. The van der Waals surface area contributed by atoms with E-state index in [9.17, 15) is 9.59 Å². The van der Waals surface area contributed by atoms with Gasteiger partial charge in [-0.1, -0.05) is 15.9 Å². The highest BCUT2D eigenvalue weighted by molar-refractivity contribution is 9.09. The third-order valence-electron chi connectivity index (χ3n) is 2.44. The van der Waals surface area contributed by atoms with E-state index in [4.69, 9.17) is 0 Å². The monoisotopic (exact) mass is 263 g/mol. The Labute approximate surface area is 91.7 Å². The molecule has 1 saturated heterocycles. The Morgan fingerprint density at radius 2 is 2.21 bits per heavy atom. The molecule has 0 bridgehead atoms. The highest BCUT2D eigenvalue weighted by Gasteiger charge is 2.43. The van der Waals surface area contributed by atoms with Gasteiger partial charge in [0.15, 0.2) is 0 Å². The second kappa shape index (κ2) is 3.88. The zero-order valence-corrected chi connectivity index (χ0v) is 10.1. The number of carbonyl (C=O) groups excluding carboxylic acids is 2. The molecule has 0 aromatic rings. The van der Waals surface area contributed by atoms with E-state index < -0.39 is 5.54 Å². The van der Waals surface area contributed by atoms with Gasteiger partial charge in [0, 0.05) is 17.8 Å². The van der Waals surface area contributed by atoms with Crippen LogP contribution in [0.25, 0.3) is 0 Å². The van der Waals surface area contributed by atoms with Gasteiger partial charge >= 0.3 is 5.97 Å². The fourth-order valence-corrected chi connectivity index (χ4v) is 2.13. The number of halogens is 1. The predicted octanol–water partition coefficient (Wildman–Crippen LogP) is 0.934. The summed E-state index contributed by atoms with van der Waals surface area (Å²) in [7, 11) is 1.33. The molecule has 0 spiro atoms. The first-order valence-corrected chi connectivity index (χ1v) is 5.34. The van der Waals surface area contributed by atoms with Crippen LogP contribution in [0.15, 0.2) is 0 Å². The lowest BCUT2D eigenvalue weighted by molar-refractivity contribution is -0.157. The Morgan fingerprint density at radius 1 is 1.64 bits per heavy atom. The minimum absolute atomic E-state index is 0.0118. The third kappa shape index (κ3) is 1.92. The molecule has 0 N–H and O–H groups in total. The Kier molecular flexibility index (Phi) is 3.19. The number of esters is 1. The molecule has 1 fully saturated rings. The van der Waals surface area contributed by atoms with Crippen LogP contribution in [-0.4, -0.2) is 40.8 Å². The first-order chi connectivity index (χ1) is 6.39. The molecule has 80 valence electrons. The molecule has 0 aromatic heterocycles.